The first-order valence-corrected chi connectivity index (χ1v) is 6.80. The minimum absolute atomic E-state index is 0.493. The summed E-state index contributed by atoms with van der Waals surface area (Å²) in [6.07, 6.45) is 2.49. The lowest BCUT2D eigenvalue weighted by Gasteiger charge is -2.51. The van der Waals surface area contributed by atoms with Gasteiger partial charge in [-0.1, -0.05) is 26.0 Å². The van der Waals surface area contributed by atoms with Crippen LogP contribution in [0.15, 0.2) is 18.2 Å². The first-order chi connectivity index (χ1) is 8.69. The number of hydrogen-bond donors (Lipinski definition) is 1. The highest BCUT2D eigenvalue weighted by atomic mass is 16.5. The van der Waals surface area contributed by atoms with E-state index in [1.165, 1.54) is 24.1 Å². The fourth-order valence-electron chi connectivity index (χ4n) is 2.87. The monoisotopic (exact) mass is 248 g/mol. The zero-order valence-corrected chi connectivity index (χ0v) is 11.7. The minimum atomic E-state index is 0.493. The molecule has 2 rings (SSSR count). The molecule has 0 amide bonds. The normalized spacial score (nSPS) is 17.4. The van der Waals surface area contributed by atoms with E-state index >= 15 is 0 Å². The second-order valence-corrected chi connectivity index (χ2v) is 5.24. The molecular formula is C15H24N2O. The van der Waals surface area contributed by atoms with Crippen LogP contribution in [-0.2, 0) is 6.54 Å². The molecule has 0 spiro atoms. The number of anilines is 1. The van der Waals surface area contributed by atoms with Gasteiger partial charge in [0.1, 0.15) is 5.75 Å². The van der Waals surface area contributed by atoms with E-state index in [9.17, 15) is 0 Å². The summed E-state index contributed by atoms with van der Waals surface area (Å²) in [5, 5.41) is 0. The van der Waals surface area contributed by atoms with Gasteiger partial charge in [0.25, 0.3) is 0 Å². The quantitative estimate of drug-likeness (QED) is 0.871. The molecule has 1 aromatic carbocycles. The maximum atomic E-state index is 5.84. The van der Waals surface area contributed by atoms with Crippen molar-refractivity contribution in [3.05, 3.63) is 23.8 Å². The van der Waals surface area contributed by atoms with Crippen LogP contribution >= 0.6 is 0 Å². The van der Waals surface area contributed by atoms with Crippen LogP contribution in [-0.4, -0.2) is 20.2 Å². The van der Waals surface area contributed by atoms with Gasteiger partial charge in [0.15, 0.2) is 0 Å². The number of hydrogen-bond acceptors (Lipinski definition) is 3. The molecule has 1 heterocycles. The summed E-state index contributed by atoms with van der Waals surface area (Å²) in [5.74, 6) is 0.943. The van der Waals surface area contributed by atoms with Crippen molar-refractivity contribution in [2.75, 3.05) is 25.1 Å². The zero-order valence-electron chi connectivity index (χ0n) is 11.7. The molecule has 0 bridgehead atoms. The van der Waals surface area contributed by atoms with Gasteiger partial charge in [0.05, 0.1) is 12.8 Å². The van der Waals surface area contributed by atoms with Gasteiger partial charge in [-0.15, -0.1) is 0 Å². The van der Waals surface area contributed by atoms with Crippen molar-refractivity contribution < 1.29 is 4.74 Å². The van der Waals surface area contributed by atoms with E-state index in [0.29, 0.717) is 12.0 Å². The van der Waals surface area contributed by atoms with Crippen molar-refractivity contribution in [3.63, 3.8) is 0 Å². The van der Waals surface area contributed by atoms with Crippen LogP contribution in [0.1, 0.15) is 32.3 Å². The predicted molar refractivity (Wildman–Crippen MR) is 76.1 cm³/mol. The highest BCUT2D eigenvalue weighted by Gasteiger charge is 2.41. The Labute approximate surface area is 110 Å². The summed E-state index contributed by atoms with van der Waals surface area (Å²) in [6.45, 7) is 7.37. The fraction of sp³-hybridized carbons (Fsp3) is 0.600. The van der Waals surface area contributed by atoms with Crippen LogP contribution < -0.4 is 15.4 Å². The average molecular weight is 248 g/mol. The lowest BCUT2D eigenvalue weighted by Crippen LogP contribution is -2.56. The molecular weight excluding hydrogens is 224 g/mol. The molecule has 0 aromatic heterocycles. The molecule has 1 aromatic rings. The smallest absolute Gasteiger partial charge is 0.142 e. The largest absolute Gasteiger partial charge is 0.495 e. The van der Waals surface area contributed by atoms with Gasteiger partial charge in [-0.2, -0.15) is 0 Å². The number of nitrogens with two attached hydrogens (primary N) is 1. The maximum absolute atomic E-state index is 5.84. The van der Waals surface area contributed by atoms with E-state index in [4.69, 9.17) is 10.5 Å². The Morgan fingerprint density at radius 1 is 1.28 bits per heavy atom. The summed E-state index contributed by atoms with van der Waals surface area (Å²) >= 11 is 0. The van der Waals surface area contributed by atoms with Gasteiger partial charge in [0, 0.05) is 25.0 Å². The molecule has 3 heteroatoms. The predicted octanol–water partition coefficient (Wildman–Crippen LogP) is 2.78. The van der Waals surface area contributed by atoms with Crippen LogP contribution in [0.2, 0.25) is 0 Å². The van der Waals surface area contributed by atoms with Crippen molar-refractivity contribution in [3.8, 4) is 5.75 Å². The second-order valence-electron chi connectivity index (χ2n) is 5.24. The lowest BCUT2D eigenvalue weighted by atomic mass is 9.74. The van der Waals surface area contributed by atoms with Crippen LogP contribution in [0.25, 0.3) is 0 Å². The second kappa shape index (κ2) is 5.19. The first-order valence-electron chi connectivity index (χ1n) is 6.80. The van der Waals surface area contributed by atoms with Gasteiger partial charge in [-0.05, 0) is 24.5 Å². The Bertz CT molecular complexity index is 383. The Morgan fingerprint density at radius 3 is 2.44 bits per heavy atom. The molecule has 0 radical (unpaired) electrons. The third-order valence-corrected chi connectivity index (χ3v) is 4.39. The molecule has 0 atom stereocenters. The van der Waals surface area contributed by atoms with Crippen molar-refractivity contribution in [1.29, 1.82) is 0 Å². The van der Waals surface area contributed by atoms with Crippen molar-refractivity contribution >= 4 is 5.69 Å². The van der Waals surface area contributed by atoms with E-state index < -0.39 is 0 Å². The van der Waals surface area contributed by atoms with Gasteiger partial charge < -0.3 is 15.4 Å². The molecule has 0 saturated carbocycles. The van der Waals surface area contributed by atoms with Gasteiger partial charge >= 0.3 is 0 Å². The third-order valence-electron chi connectivity index (χ3n) is 4.39. The molecule has 1 aliphatic heterocycles. The molecule has 1 fully saturated rings. The number of ether oxygens (including phenoxy) is 1. The minimum Gasteiger partial charge on any atom is -0.495 e. The van der Waals surface area contributed by atoms with Gasteiger partial charge in [-0.25, -0.2) is 0 Å². The molecule has 18 heavy (non-hydrogen) atoms. The summed E-state index contributed by atoms with van der Waals surface area (Å²) in [4.78, 5) is 2.41. The Balaban J connectivity index is 2.25. The molecule has 0 unspecified atom stereocenters. The van der Waals surface area contributed by atoms with Crippen LogP contribution in [0.3, 0.4) is 0 Å². The summed E-state index contributed by atoms with van der Waals surface area (Å²) in [7, 11) is 1.73. The third kappa shape index (κ3) is 2.07. The molecule has 1 saturated heterocycles. The van der Waals surface area contributed by atoms with Crippen LogP contribution in [0.5, 0.6) is 5.75 Å². The summed E-state index contributed by atoms with van der Waals surface area (Å²) in [6, 6.07) is 6.12. The molecule has 0 aliphatic carbocycles. The number of methoxy groups -OCH3 is 1. The Kier molecular flexibility index (Phi) is 3.81. The van der Waals surface area contributed by atoms with Crippen molar-refractivity contribution in [2.24, 2.45) is 11.1 Å². The summed E-state index contributed by atoms with van der Waals surface area (Å²) in [5.41, 5.74) is 8.70. The molecule has 100 valence electrons. The molecule has 1 aliphatic rings. The van der Waals surface area contributed by atoms with E-state index in [1.54, 1.807) is 7.11 Å². The highest BCUT2D eigenvalue weighted by Crippen LogP contribution is 2.44. The number of nitrogens with zero attached hydrogens (tertiary/aromatic N) is 1. The SMILES string of the molecule is CCC1(CC)CN(c2c(CN)cccc2OC)C1. The lowest BCUT2D eigenvalue weighted by molar-refractivity contribution is 0.193. The van der Waals surface area contributed by atoms with Crippen molar-refractivity contribution in [1.82, 2.24) is 0 Å². The fourth-order valence-corrected chi connectivity index (χ4v) is 2.87. The van der Waals surface area contributed by atoms with E-state index in [2.05, 4.69) is 24.8 Å². The van der Waals surface area contributed by atoms with Gasteiger partial charge in [-0.3, -0.25) is 0 Å². The summed E-state index contributed by atoms with van der Waals surface area (Å²) < 4.78 is 5.48. The molecule has 3 nitrogen and oxygen atoms in total. The average Bonchev–Trinajstić information content (AvgIpc) is 2.38. The van der Waals surface area contributed by atoms with E-state index in [-0.39, 0.29) is 0 Å². The van der Waals surface area contributed by atoms with Gasteiger partial charge in [0.2, 0.25) is 0 Å². The topological polar surface area (TPSA) is 38.5 Å². The maximum Gasteiger partial charge on any atom is 0.142 e. The zero-order chi connectivity index (χ0) is 13.2. The Hall–Kier alpha value is -1.22. The first kappa shape index (κ1) is 13.2. The standard InChI is InChI=1S/C15H24N2O/c1-4-15(5-2)10-17(11-15)14-12(9-16)7-6-8-13(14)18-3/h6-8H,4-5,9-11,16H2,1-3H3. The van der Waals surface area contributed by atoms with E-state index in [1.807, 2.05) is 12.1 Å². The number of benzene rings is 1. The van der Waals surface area contributed by atoms with Crippen LogP contribution in [0, 0.1) is 5.41 Å². The van der Waals surface area contributed by atoms with Crippen LogP contribution in [0.4, 0.5) is 5.69 Å². The Morgan fingerprint density at radius 2 is 1.94 bits per heavy atom. The molecule has 2 N–H and O–H groups in total. The van der Waals surface area contributed by atoms with E-state index in [0.717, 1.165) is 18.8 Å². The van der Waals surface area contributed by atoms with Crippen molar-refractivity contribution in [2.45, 2.75) is 33.2 Å². The number of para-hydroxylation sites is 1. The highest BCUT2D eigenvalue weighted by molar-refractivity contribution is 5.65. The number of rotatable bonds is 5.